The molecule has 0 aromatic carbocycles. The average molecular weight is 307 g/mol. The average Bonchev–Trinajstić information content (AvgIpc) is 2.90. The molecule has 0 saturated carbocycles. The second-order valence-corrected chi connectivity index (χ2v) is 6.49. The molecule has 1 aromatic heterocycles. The number of fused-ring (bicyclic) bond motifs is 1. The van der Waals surface area contributed by atoms with Crippen molar-refractivity contribution in [2.24, 2.45) is 0 Å². The van der Waals surface area contributed by atoms with Crippen molar-refractivity contribution in [3.05, 3.63) is 17.0 Å². The first-order chi connectivity index (χ1) is 10.5. The van der Waals surface area contributed by atoms with E-state index in [1.807, 2.05) is 0 Å². The molecule has 124 valence electrons. The minimum absolute atomic E-state index is 0.0677. The van der Waals surface area contributed by atoms with Gasteiger partial charge in [0.25, 0.3) is 5.91 Å². The molecular weight excluding hydrogens is 278 g/mol. The number of aromatic amines is 1. The van der Waals surface area contributed by atoms with Crippen LogP contribution in [0.25, 0.3) is 0 Å². The van der Waals surface area contributed by atoms with Gasteiger partial charge in [0, 0.05) is 55.9 Å². The lowest BCUT2D eigenvalue weighted by molar-refractivity contribution is 0.0943. The Kier molecular flexibility index (Phi) is 5.97. The monoisotopic (exact) mass is 307 g/mol. The van der Waals surface area contributed by atoms with Gasteiger partial charge in [0.05, 0.1) is 0 Å². The number of H-pyrrole nitrogens is 1. The Balaban J connectivity index is 1.80. The molecule has 0 saturated heterocycles. The van der Waals surface area contributed by atoms with Crippen LogP contribution in [0.15, 0.2) is 0 Å². The smallest absolute Gasteiger partial charge is 0.272 e. The van der Waals surface area contributed by atoms with Gasteiger partial charge in [0.1, 0.15) is 0 Å². The van der Waals surface area contributed by atoms with Crippen molar-refractivity contribution in [1.82, 2.24) is 25.7 Å². The van der Waals surface area contributed by atoms with Crippen molar-refractivity contribution >= 4 is 5.91 Å². The first-order valence-electron chi connectivity index (χ1n) is 8.31. The lowest BCUT2D eigenvalue weighted by Crippen LogP contribution is -2.39. The summed E-state index contributed by atoms with van der Waals surface area (Å²) < 4.78 is 0. The number of carbonyl (C=O) groups excluding carboxylic acids is 1. The SMILES string of the molecule is CC(C)N(CCCNC(=O)c1n[nH]c2c1CNCC2)C(C)C. The van der Waals surface area contributed by atoms with E-state index in [1.165, 1.54) is 0 Å². The Hall–Kier alpha value is -1.40. The number of hydrogen-bond donors (Lipinski definition) is 3. The predicted octanol–water partition coefficient (Wildman–Crippen LogP) is 1.29. The van der Waals surface area contributed by atoms with E-state index in [0.29, 0.717) is 24.3 Å². The molecule has 6 nitrogen and oxygen atoms in total. The highest BCUT2D eigenvalue weighted by molar-refractivity contribution is 5.94. The number of carbonyl (C=O) groups is 1. The third kappa shape index (κ3) is 4.08. The number of hydrogen-bond acceptors (Lipinski definition) is 4. The summed E-state index contributed by atoms with van der Waals surface area (Å²) in [6.45, 7) is 12.2. The summed E-state index contributed by atoms with van der Waals surface area (Å²) in [6.07, 6.45) is 1.86. The first-order valence-corrected chi connectivity index (χ1v) is 8.31. The molecule has 0 aliphatic carbocycles. The lowest BCUT2D eigenvalue weighted by atomic mass is 10.1. The molecule has 1 aliphatic rings. The zero-order valence-electron chi connectivity index (χ0n) is 14.2. The fourth-order valence-corrected chi connectivity index (χ4v) is 3.07. The van der Waals surface area contributed by atoms with E-state index < -0.39 is 0 Å². The number of nitrogens with one attached hydrogen (secondary N) is 3. The van der Waals surface area contributed by atoms with Crippen LogP contribution >= 0.6 is 0 Å². The van der Waals surface area contributed by atoms with Crippen LogP contribution in [0.3, 0.4) is 0 Å². The third-order valence-electron chi connectivity index (χ3n) is 4.23. The standard InChI is InChI=1S/C16H29N5O/c1-11(2)21(12(3)4)9-5-7-18-16(22)15-13-10-17-8-6-14(13)19-20-15/h11-12,17H,5-10H2,1-4H3,(H,18,22)(H,19,20). The molecule has 1 aromatic rings. The van der Waals surface area contributed by atoms with Crippen LogP contribution in [0.1, 0.15) is 55.9 Å². The predicted molar refractivity (Wildman–Crippen MR) is 87.9 cm³/mol. The van der Waals surface area contributed by atoms with Crippen LogP contribution in [0.2, 0.25) is 0 Å². The Morgan fingerprint density at radius 1 is 1.32 bits per heavy atom. The highest BCUT2D eigenvalue weighted by Gasteiger charge is 2.21. The molecule has 1 amide bonds. The Morgan fingerprint density at radius 3 is 2.73 bits per heavy atom. The van der Waals surface area contributed by atoms with Crippen LogP contribution in [-0.2, 0) is 13.0 Å². The maximum Gasteiger partial charge on any atom is 0.272 e. The minimum atomic E-state index is -0.0677. The van der Waals surface area contributed by atoms with Crippen LogP contribution < -0.4 is 10.6 Å². The molecule has 0 fully saturated rings. The minimum Gasteiger partial charge on any atom is -0.351 e. The summed E-state index contributed by atoms with van der Waals surface area (Å²) >= 11 is 0. The second-order valence-electron chi connectivity index (χ2n) is 6.49. The largest absolute Gasteiger partial charge is 0.351 e. The van der Waals surface area contributed by atoms with E-state index in [0.717, 1.165) is 43.7 Å². The first kappa shape index (κ1) is 17.0. The molecule has 0 atom stereocenters. The number of rotatable bonds is 7. The van der Waals surface area contributed by atoms with Gasteiger partial charge in [-0.1, -0.05) is 0 Å². The van der Waals surface area contributed by atoms with E-state index >= 15 is 0 Å². The molecule has 2 heterocycles. The summed E-state index contributed by atoms with van der Waals surface area (Å²) in [6, 6.07) is 1.06. The van der Waals surface area contributed by atoms with Gasteiger partial charge >= 0.3 is 0 Å². The molecule has 1 aliphatic heterocycles. The number of aromatic nitrogens is 2. The fourth-order valence-electron chi connectivity index (χ4n) is 3.07. The van der Waals surface area contributed by atoms with Crippen molar-refractivity contribution in [1.29, 1.82) is 0 Å². The molecule has 0 unspecified atom stereocenters. The van der Waals surface area contributed by atoms with Gasteiger partial charge in [0.15, 0.2) is 5.69 Å². The lowest BCUT2D eigenvalue weighted by Gasteiger charge is -2.30. The molecule has 22 heavy (non-hydrogen) atoms. The van der Waals surface area contributed by atoms with Crippen molar-refractivity contribution in [3.63, 3.8) is 0 Å². The van der Waals surface area contributed by atoms with Crippen molar-refractivity contribution < 1.29 is 4.79 Å². The zero-order valence-corrected chi connectivity index (χ0v) is 14.2. The maximum atomic E-state index is 12.3. The summed E-state index contributed by atoms with van der Waals surface area (Å²) in [4.78, 5) is 14.7. The fraction of sp³-hybridized carbons (Fsp3) is 0.750. The van der Waals surface area contributed by atoms with E-state index in [4.69, 9.17) is 0 Å². The topological polar surface area (TPSA) is 73.0 Å². The maximum absolute atomic E-state index is 12.3. The summed E-state index contributed by atoms with van der Waals surface area (Å²) in [5.74, 6) is -0.0677. The summed E-state index contributed by atoms with van der Waals surface area (Å²) in [5.41, 5.74) is 2.66. The molecular formula is C16H29N5O. The molecule has 2 rings (SSSR count). The van der Waals surface area contributed by atoms with Gasteiger partial charge in [-0.05, 0) is 34.1 Å². The van der Waals surface area contributed by atoms with Gasteiger partial charge in [0.2, 0.25) is 0 Å². The van der Waals surface area contributed by atoms with Crippen molar-refractivity contribution in [2.45, 2.75) is 59.2 Å². The molecule has 3 N–H and O–H groups in total. The van der Waals surface area contributed by atoms with E-state index in [9.17, 15) is 4.79 Å². The van der Waals surface area contributed by atoms with Gasteiger partial charge in [-0.3, -0.25) is 14.8 Å². The normalized spacial score (nSPS) is 14.7. The van der Waals surface area contributed by atoms with Crippen molar-refractivity contribution in [2.75, 3.05) is 19.6 Å². The van der Waals surface area contributed by atoms with E-state index in [-0.39, 0.29) is 5.91 Å². The quantitative estimate of drug-likeness (QED) is 0.664. The van der Waals surface area contributed by atoms with Crippen LogP contribution in [0.5, 0.6) is 0 Å². The molecule has 0 bridgehead atoms. The third-order valence-corrected chi connectivity index (χ3v) is 4.23. The van der Waals surface area contributed by atoms with Gasteiger partial charge in [-0.15, -0.1) is 0 Å². The van der Waals surface area contributed by atoms with Gasteiger partial charge < -0.3 is 10.6 Å². The number of nitrogens with zero attached hydrogens (tertiary/aromatic N) is 2. The second kappa shape index (κ2) is 7.74. The Labute approximate surface area is 133 Å². The highest BCUT2D eigenvalue weighted by Crippen LogP contribution is 2.15. The molecule has 0 spiro atoms. The molecule has 0 radical (unpaired) electrons. The van der Waals surface area contributed by atoms with Crippen LogP contribution in [0, 0.1) is 0 Å². The van der Waals surface area contributed by atoms with Gasteiger partial charge in [-0.2, -0.15) is 5.10 Å². The number of amides is 1. The Morgan fingerprint density at radius 2 is 2.05 bits per heavy atom. The Bertz CT molecular complexity index is 487. The van der Waals surface area contributed by atoms with E-state index in [2.05, 4.69) is 53.4 Å². The molecule has 6 heteroatoms. The van der Waals surface area contributed by atoms with Crippen LogP contribution in [-0.4, -0.2) is 52.7 Å². The highest BCUT2D eigenvalue weighted by atomic mass is 16.1. The summed E-state index contributed by atoms with van der Waals surface area (Å²) in [5, 5.41) is 13.4. The summed E-state index contributed by atoms with van der Waals surface area (Å²) in [7, 11) is 0. The van der Waals surface area contributed by atoms with Gasteiger partial charge in [-0.25, -0.2) is 0 Å². The van der Waals surface area contributed by atoms with Crippen molar-refractivity contribution in [3.8, 4) is 0 Å². The van der Waals surface area contributed by atoms with Crippen LogP contribution in [0.4, 0.5) is 0 Å². The van der Waals surface area contributed by atoms with E-state index in [1.54, 1.807) is 0 Å². The zero-order chi connectivity index (χ0) is 16.1.